The number of hydrogen-bond acceptors (Lipinski definition) is 4. The van der Waals surface area contributed by atoms with Gasteiger partial charge in [0.15, 0.2) is 0 Å². The molecule has 1 aliphatic rings. The Balaban J connectivity index is 2.51. The van der Waals surface area contributed by atoms with Crippen molar-refractivity contribution in [2.75, 3.05) is 19.3 Å². The summed E-state index contributed by atoms with van der Waals surface area (Å²) in [4.78, 5) is 12.0. The van der Waals surface area contributed by atoms with Crippen LogP contribution in [0, 0.1) is 11.8 Å². The molecule has 6 heteroatoms. The summed E-state index contributed by atoms with van der Waals surface area (Å²) in [6.45, 7) is 5.11. The average molecular weight is 290 g/mol. The normalized spacial score (nSPS) is 23.5. The molecule has 19 heavy (non-hydrogen) atoms. The van der Waals surface area contributed by atoms with E-state index in [2.05, 4.69) is 0 Å². The van der Waals surface area contributed by atoms with Crippen LogP contribution in [0.1, 0.15) is 39.5 Å². The second kappa shape index (κ2) is 6.81. The minimum Gasteiger partial charge on any atom is -0.322 e. The third kappa shape index (κ3) is 5.58. The highest BCUT2D eigenvalue weighted by Gasteiger charge is 2.28. The highest BCUT2D eigenvalue weighted by atomic mass is 32.2. The van der Waals surface area contributed by atoms with Crippen LogP contribution < -0.4 is 5.73 Å². The first-order chi connectivity index (χ1) is 8.70. The number of carbonyl (C=O) groups excluding carboxylic acids is 1. The van der Waals surface area contributed by atoms with Gasteiger partial charge in [0.05, 0.1) is 12.3 Å². The van der Waals surface area contributed by atoms with Gasteiger partial charge in [-0.05, 0) is 31.1 Å². The number of ketones is 1. The molecule has 1 aliphatic heterocycles. The van der Waals surface area contributed by atoms with Gasteiger partial charge in [0.25, 0.3) is 0 Å². The fraction of sp³-hybridized carbons (Fsp3) is 0.923. The van der Waals surface area contributed by atoms with E-state index in [9.17, 15) is 13.2 Å². The Kier molecular flexibility index (Phi) is 5.95. The Morgan fingerprint density at radius 3 is 2.58 bits per heavy atom. The van der Waals surface area contributed by atoms with Gasteiger partial charge >= 0.3 is 0 Å². The molecule has 0 aromatic rings. The van der Waals surface area contributed by atoms with Gasteiger partial charge in [0.2, 0.25) is 10.0 Å². The van der Waals surface area contributed by atoms with E-state index in [0.29, 0.717) is 31.8 Å². The summed E-state index contributed by atoms with van der Waals surface area (Å²) >= 11 is 0. The third-order valence-corrected chi connectivity index (χ3v) is 4.85. The van der Waals surface area contributed by atoms with Crippen LogP contribution in [0.4, 0.5) is 0 Å². The quantitative estimate of drug-likeness (QED) is 0.791. The van der Waals surface area contributed by atoms with Crippen molar-refractivity contribution in [3.8, 4) is 0 Å². The smallest absolute Gasteiger partial charge is 0.211 e. The summed E-state index contributed by atoms with van der Waals surface area (Å²) in [5.41, 5.74) is 5.87. The molecule has 0 radical (unpaired) electrons. The number of nitrogens with two attached hydrogens (primary N) is 1. The largest absolute Gasteiger partial charge is 0.322 e. The van der Waals surface area contributed by atoms with E-state index in [-0.39, 0.29) is 11.7 Å². The number of carbonyl (C=O) groups is 1. The van der Waals surface area contributed by atoms with Crippen LogP contribution >= 0.6 is 0 Å². The van der Waals surface area contributed by atoms with Crippen molar-refractivity contribution in [2.24, 2.45) is 17.6 Å². The van der Waals surface area contributed by atoms with Crippen LogP contribution in [0.2, 0.25) is 0 Å². The molecule has 0 aromatic heterocycles. The Bertz CT molecular complexity index is 406. The molecule has 2 atom stereocenters. The van der Waals surface area contributed by atoms with Gasteiger partial charge in [-0.3, -0.25) is 4.79 Å². The van der Waals surface area contributed by atoms with Crippen molar-refractivity contribution < 1.29 is 13.2 Å². The summed E-state index contributed by atoms with van der Waals surface area (Å²) in [5.74, 6) is 0.584. The van der Waals surface area contributed by atoms with E-state index < -0.39 is 16.1 Å². The van der Waals surface area contributed by atoms with Crippen molar-refractivity contribution in [1.82, 2.24) is 4.31 Å². The van der Waals surface area contributed by atoms with E-state index in [1.165, 1.54) is 10.6 Å². The second-order valence-electron chi connectivity index (χ2n) is 6.04. The molecule has 2 unspecified atom stereocenters. The first kappa shape index (κ1) is 16.6. The minimum atomic E-state index is -3.14. The summed E-state index contributed by atoms with van der Waals surface area (Å²) < 4.78 is 24.5. The lowest BCUT2D eigenvalue weighted by Gasteiger charge is -2.31. The average Bonchev–Trinajstić information content (AvgIpc) is 2.27. The van der Waals surface area contributed by atoms with Gasteiger partial charge in [0, 0.05) is 19.5 Å². The van der Waals surface area contributed by atoms with E-state index in [1.807, 2.05) is 13.8 Å². The fourth-order valence-corrected chi connectivity index (χ4v) is 3.51. The summed E-state index contributed by atoms with van der Waals surface area (Å²) in [6.07, 6.45) is 4.06. The molecule has 0 bridgehead atoms. The van der Waals surface area contributed by atoms with E-state index in [4.69, 9.17) is 5.73 Å². The number of nitrogens with zero attached hydrogens (tertiary/aromatic N) is 1. The highest BCUT2D eigenvalue weighted by Crippen LogP contribution is 2.22. The molecule has 1 fully saturated rings. The number of Topliss-reactive ketones (excluding diaryl/α,β-unsaturated/α-hetero) is 1. The monoisotopic (exact) mass is 290 g/mol. The molecule has 0 saturated carbocycles. The number of rotatable bonds is 6. The zero-order valence-corrected chi connectivity index (χ0v) is 12.9. The maximum Gasteiger partial charge on any atom is 0.211 e. The molecule has 1 rings (SSSR count). The first-order valence-electron chi connectivity index (χ1n) is 6.93. The summed E-state index contributed by atoms with van der Waals surface area (Å²) in [6, 6.07) is -0.409. The van der Waals surface area contributed by atoms with Crippen molar-refractivity contribution >= 4 is 15.8 Å². The Hall–Kier alpha value is -0.460. The van der Waals surface area contributed by atoms with Gasteiger partial charge in [-0.1, -0.05) is 13.8 Å². The van der Waals surface area contributed by atoms with Crippen LogP contribution in [-0.4, -0.2) is 43.9 Å². The topological polar surface area (TPSA) is 80.5 Å². The zero-order chi connectivity index (χ0) is 14.6. The molecular weight excluding hydrogens is 264 g/mol. The maximum absolute atomic E-state index is 12.0. The molecule has 2 N–H and O–H groups in total. The third-order valence-electron chi connectivity index (χ3n) is 3.58. The molecule has 0 aliphatic carbocycles. The van der Waals surface area contributed by atoms with Crippen molar-refractivity contribution in [3.05, 3.63) is 0 Å². The summed E-state index contributed by atoms with van der Waals surface area (Å²) in [5, 5.41) is 0. The van der Waals surface area contributed by atoms with Gasteiger partial charge in [-0.2, -0.15) is 0 Å². The molecule has 0 spiro atoms. The number of hydrogen-bond donors (Lipinski definition) is 1. The van der Waals surface area contributed by atoms with Crippen LogP contribution in [0.15, 0.2) is 0 Å². The van der Waals surface area contributed by atoms with Crippen LogP contribution in [0.3, 0.4) is 0 Å². The van der Waals surface area contributed by atoms with E-state index in [0.717, 1.165) is 12.8 Å². The van der Waals surface area contributed by atoms with Crippen molar-refractivity contribution in [1.29, 1.82) is 0 Å². The Morgan fingerprint density at radius 2 is 2.05 bits per heavy atom. The second-order valence-corrected chi connectivity index (χ2v) is 8.02. The van der Waals surface area contributed by atoms with Crippen LogP contribution in [0.25, 0.3) is 0 Å². The lowest BCUT2D eigenvalue weighted by Crippen LogP contribution is -2.41. The van der Waals surface area contributed by atoms with E-state index >= 15 is 0 Å². The molecule has 1 heterocycles. The molecule has 5 nitrogen and oxygen atoms in total. The van der Waals surface area contributed by atoms with Gasteiger partial charge in [-0.15, -0.1) is 0 Å². The fourth-order valence-electron chi connectivity index (χ4n) is 2.57. The van der Waals surface area contributed by atoms with Crippen molar-refractivity contribution in [2.45, 2.75) is 45.6 Å². The van der Waals surface area contributed by atoms with Crippen LogP contribution in [0.5, 0.6) is 0 Å². The van der Waals surface area contributed by atoms with Crippen molar-refractivity contribution in [3.63, 3.8) is 0 Å². The molecular formula is C13H26N2O3S. The predicted molar refractivity (Wildman–Crippen MR) is 76.2 cm³/mol. The molecule has 0 aromatic carbocycles. The molecule has 1 saturated heterocycles. The maximum atomic E-state index is 12.0. The number of sulfonamides is 1. The Labute approximate surface area is 116 Å². The van der Waals surface area contributed by atoms with Crippen LogP contribution in [-0.2, 0) is 14.8 Å². The zero-order valence-electron chi connectivity index (χ0n) is 12.1. The number of piperidine rings is 1. The first-order valence-corrected chi connectivity index (χ1v) is 8.78. The van der Waals surface area contributed by atoms with Gasteiger partial charge in [0.1, 0.15) is 5.78 Å². The molecule has 0 amide bonds. The summed E-state index contributed by atoms with van der Waals surface area (Å²) in [7, 11) is -3.14. The highest BCUT2D eigenvalue weighted by molar-refractivity contribution is 7.88. The van der Waals surface area contributed by atoms with Gasteiger partial charge in [-0.25, -0.2) is 12.7 Å². The molecule has 112 valence electrons. The SMILES string of the molecule is CC(C)CC(N)C(=O)CC1CCCN(S(C)(=O)=O)C1. The minimum absolute atomic E-state index is 0.0639. The van der Waals surface area contributed by atoms with Gasteiger partial charge < -0.3 is 5.73 Å². The Morgan fingerprint density at radius 1 is 1.42 bits per heavy atom. The van der Waals surface area contributed by atoms with E-state index in [1.54, 1.807) is 0 Å². The lowest BCUT2D eigenvalue weighted by atomic mass is 9.90. The standard InChI is InChI=1S/C13H26N2O3S/c1-10(2)7-12(14)13(16)8-11-5-4-6-15(9-11)19(3,17)18/h10-12H,4-9,14H2,1-3H3. The predicted octanol–water partition coefficient (Wildman–Crippen LogP) is 0.991. The lowest BCUT2D eigenvalue weighted by molar-refractivity contribution is -0.121.